The summed E-state index contributed by atoms with van der Waals surface area (Å²) in [5.74, 6) is 0. The summed E-state index contributed by atoms with van der Waals surface area (Å²) in [6, 6.07) is 0. The molecule has 2 N–H and O–H groups in total. The number of nitrogens with two attached hydrogens (primary N) is 1. The molecule has 0 spiro atoms. The molecule has 1 aliphatic rings. The van der Waals surface area contributed by atoms with Crippen LogP contribution in [0.1, 0.15) is 20.3 Å². The van der Waals surface area contributed by atoms with E-state index in [1.165, 1.54) is 0 Å². The molecular formula is C13H28N2O3. The van der Waals surface area contributed by atoms with E-state index in [-0.39, 0.29) is 5.54 Å². The summed E-state index contributed by atoms with van der Waals surface area (Å²) in [5, 5.41) is 0. The fraction of sp³-hybridized carbons (Fsp3) is 1.00. The first kappa shape index (κ1) is 15.9. The minimum atomic E-state index is -0.0196. The van der Waals surface area contributed by atoms with Crippen LogP contribution >= 0.6 is 0 Å². The van der Waals surface area contributed by atoms with Crippen LogP contribution in [0.3, 0.4) is 0 Å². The van der Waals surface area contributed by atoms with Crippen molar-refractivity contribution in [2.24, 2.45) is 5.73 Å². The highest BCUT2D eigenvalue weighted by Crippen LogP contribution is 2.24. The Labute approximate surface area is 111 Å². The molecule has 0 aliphatic carbocycles. The molecule has 108 valence electrons. The molecule has 0 aromatic heterocycles. The van der Waals surface area contributed by atoms with E-state index in [0.29, 0.717) is 6.54 Å². The minimum absolute atomic E-state index is 0.0196. The monoisotopic (exact) mass is 260 g/mol. The quantitative estimate of drug-likeness (QED) is 0.579. The maximum atomic E-state index is 5.97. The van der Waals surface area contributed by atoms with Gasteiger partial charge < -0.3 is 19.9 Å². The summed E-state index contributed by atoms with van der Waals surface area (Å²) in [5.41, 5.74) is 5.96. The van der Waals surface area contributed by atoms with Gasteiger partial charge in [0, 0.05) is 39.5 Å². The Morgan fingerprint density at radius 3 is 2.17 bits per heavy atom. The SMILES string of the molecule is CCOCCN(CCOCC)C1(CN)CCOC1. The van der Waals surface area contributed by atoms with Crippen molar-refractivity contribution in [3.8, 4) is 0 Å². The molecule has 1 rings (SSSR count). The molecule has 0 amide bonds. The van der Waals surface area contributed by atoms with Crippen LogP contribution in [0, 0.1) is 0 Å². The zero-order valence-electron chi connectivity index (χ0n) is 11.8. The average molecular weight is 260 g/mol. The second kappa shape index (κ2) is 8.82. The molecule has 1 unspecified atom stereocenters. The van der Waals surface area contributed by atoms with Crippen LogP contribution in [0.25, 0.3) is 0 Å². The van der Waals surface area contributed by atoms with Gasteiger partial charge in [-0.25, -0.2) is 0 Å². The molecule has 0 saturated carbocycles. The van der Waals surface area contributed by atoms with E-state index < -0.39 is 0 Å². The third-order valence-electron chi connectivity index (χ3n) is 3.55. The van der Waals surface area contributed by atoms with Gasteiger partial charge in [0.2, 0.25) is 0 Å². The number of rotatable bonds is 10. The molecular weight excluding hydrogens is 232 g/mol. The van der Waals surface area contributed by atoms with Gasteiger partial charge in [0.25, 0.3) is 0 Å². The van der Waals surface area contributed by atoms with Crippen LogP contribution < -0.4 is 5.73 Å². The molecule has 0 bridgehead atoms. The van der Waals surface area contributed by atoms with Gasteiger partial charge >= 0.3 is 0 Å². The van der Waals surface area contributed by atoms with Crippen molar-refractivity contribution in [3.63, 3.8) is 0 Å². The number of hydrogen-bond acceptors (Lipinski definition) is 5. The van der Waals surface area contributed by atoms with Crippen LogP contribution in [-0.2, 0) is 14.2 Å². The van der Waals surface area contributed by atoms with E-state index in [0.717, 1.165) is 59.2 Å². The first-order valence-corrected chi connectivity index (χ1v) is 6.97. The molecule has 1 saturated heterocycles. The zero-order valence-corrected chi connectivity index (χ0v) is 11.8. The summed E-state index contributed by atoms with van der Waals surface area (Å²) < 4.78 is 16.5. The Bertz CT molecular complexity index is 198. The maximum Gasteiger partial charge on any atom is 0.0663 e. The van der Waals surface area contributed by atoms with E-state index in [9.17, 15) is 0 Å². The smallest absolute Gasteiger partial charge is 0.0663 e. The molecule has 1 aliphatic heterocycles. The highest BCUT2D eigenvalue weighted by Gasteiger charge is 2.38. The lowest BCUT2D eigenvalue weighted by molar-refractivity contribution is 0.0166. The lowest BCUT2D eigenvalue weighted by Crippen LogP contribution is -2.56. The summed E-state index contributed by atoms with van der Waals surface area (Å²) >= 11 is 0. The summed E-state index contributed by atoms with van der Waals surface area (Å²) in [6.45, 7) is 11.0. The minimum Gasteiger partial charge on any atom is -0.380 e. The molecule has 18 heavy (non-hydrogen) atoms. The van der Waals surface area contributed by atoms with E-state index >= 15 is 0 Å². The molecule has 1 fully saturated rings. The summed E-state index contributed by atoms with van der Waals surface area (Å²) in [4.78, 5) is 2.38. The first-order valence-electron chi connectivity index (χ1n) is 6.97. The first-order chi connectivity index (χ1) is 8.79. The van der Waals surface area contributed by atoms with Crippen LogP contribution in [0.5, 0.6) is 0 Å². The van der Waals surface area contributed by atoms with Crippen LogP contribution in [0.15, 0.2) is 0 Å². The van der Waals surface area contributed by atoms with Crippen molar-refractivity contribution in [2.45, 2.75) is 25.8 Å². The van der Waals surface area contributed by atoms with E-state index in [2.05, 4.69) is 4.90 Å². The Hall–Kier alpha value is -0.200. The number of ether oxygens (including phenoxy) is 3. The van der Waals surface area contributed by atoms with E-state index in [4.69, 9.17) is 19.9 Å². The van der Waals surface area contributed by atoms with Crippen LogP contribution in [0.4, 0.5) is 0 Å². The highest BCUT2D eigenvalue weighted by molar-refractivity contribution is 4.95. The molecule has 1 heterocycles. The van der Waals surface area contributed by atoms with Gasteiger partial charge in [-0.05, 0) is 20.3 Å². The van der Waals surface area contributed by atoms with Gasteiger partial charge in [-0.1, -0.05) is 0 Å². The second-order valence-electron chi connectivity index (χ2n) is 4.61. The lowest BCUT2D eigenvalue weighted by atomic mass is 9.96. The predicted molar refractivity (Wildman–Crippen MR) is 71.8 cm³/mol. The molecule has 0 radical (unpaired) electrons. The Kier molecular flexibility index (Phi) is 7.77. The average Bonchev–Trinajstić information content (AvgIpc) is 2.87. The van der Waals surface area contributed by atoms with Gasteiger partial charge in [0.15, 0.2) is 0 Å². The summed E-state index contributed by atoms with van der Waals surface area (Å²) in [7, 11) is 0. The molecule has 0 aromatic carbocycles. The number of nitrogens with zero attached hydrogens (tertiary/aromatic N) is 1. The van der Waals surface area contributed by atoms with Gasteiger partial charge in [-0.15, -0.1) is 0 Å². The fourth-order valence-electron chi connectivity index (χ4n) is 2.36. The normalized spacial score (nSPS) is 24.0. The molecule has 5 heteroatoms. The van der Waals surface area contributed by atoms with Crippen molar-refractivity contribution < 1.29 is 14.2 Å². The largest absolute Gasteiger partial charge is 0.380 e. The third-order valence-corrected chi connectivity index (χ3v) is 3.55. The van der Waals surface area contributed by atoms with Crippen molar-refractivity contribution in [1.29, 1.82) is 0 Å². The Balaban J connectivity index is 2.50. The maximum absolute atomic E-state index is 5.97. The number of hydrogen-bond donors (Lipinski definition) is 1. The lowest BCUT2D eigenvalue weighted by Gasteiger charge is -2.39. The third kappa shape index (κ3) is 4.48. The molecule has 0 aromatic rings. The van der Waals surface area contributed by atoms with Crippen LogP contribution in [0.2, 0.25) is 0 Å². The zero-order chi connectivity index (χ0) is 13.3. The predicted octanol–water partition coefficient (Wildman–Crippen LogP) is 0.479. The van der Waals surface area contributed by atoms with Crippen molar-refractivity contribution >= 4 is 0 Å². The fourth-order valence-corrected chi connectivity index (χ4v) is 2.36. The van der Waals surface area contributed by atoms with Gasteiger partial charge in [0.1, 0.15) is 0 Å². The Morgan fingerprint density at radius 1 is 1.17 bits per heavy atom. The molecule has 5 nitrogen and oxygen atoms in total. The standard InChI is InChI=1S/C13H28N2O3/c1-3-16-9-6-15(7-10-17-4-2)13(11-14)5-8-18-12-13/h3-12,14H2,1-2H3. The Morgan fingerprint density at radius 2 is 1.78 bits per heavy atom. The van der Waals surface area contributed by atoms with Gasteiger partial charge in [-0.2, -0.15) is 0 Å². The van der Waals surface area contributed by atoms with E-state index in [1.807, 2.05) is 13.8 Å². The second-order valence-corrected chi connectivity index (χ2v) is 4.61. The van der Waals surface area contributed by atoms with Gasteiger partial charge in [-0.3, -0.25) is 4.90 Å². The van der Waals surface area contributed by atoms with Crippen LogP contribution in [-0.4, -0.2) is 69.7 Å². The van der Waals surface area contributed by atoms with Gasteiger partial charge in [0.05, 0.1) is 25.4 Å². The van der Waals surface area contributed by atoms with E-state index in [1.54, 1.807) is 0 Å². The van der Waals surface area contributed by atoms with Crippen molar-refractivity contribution in [3.05, 3.63) is 0 Å². The highest BCUT2D eigenvalue weighted by atomic mass is 16.5. The topological polar surface area (TPSA) is 57.0 Å². The summed E-state index contributed by atoms with van der Waals surface area (Å²) in [6.07, 6.45) is 1.00. The van der Waals surface area contributed by atoms with Crippen molar-refractivity contribution in [2.75, 3.05) is 59.3 Å². The molecule has 1 atom stereocenters. The van der Waals surface area contributed by atoms with Crippen molar-refractivity contribution in [1.82, 2.24) is 4.90 Å².